The SMILES string of the molecule is CC(=O)Nc1ccc(SC(F)F)cn1.CC(N)=O. The Hall–Kier alpha value is -1.70. The first-order chi connectivity index (χ1) is 8.31. The minimum atomic E-state index is -2.46. The van der Waals surface area contributed by atoms with E-state index in [0.29, 0.717) is 22.5 Å². The summed E-state index contributed by atoms with van der Waals surface area (Å²) in [6, 6.07) is 2.96. The molecular weight excluding hydrogens is 264 g/mol. The Balaban J connectivity index is 0.000000631. The number of pyridine rings is 1. The molecule has 8 heteroatoms. The van der Waals surface area contributed by atoms with E-state index in [-0.39, 0.29) is 11.8 Å². The number of carbonyl (C=O) groups is 2. The van der Waals surface area contributed by atoms with Crippen LogP contribution in [0, 0.1) is 0 Å². The Morgan fingerprint density at radius 2 is 1.94 bits per heavy atom. The first kappa shape index (κ1) is 16.3. The van der Waals surface area contributed by atoms with Crippen LogP contribution in [0.25, 0.3) is 0 Å². The summed E-state index contributed by atoms with van der Waals surface area (Å²) in [6.45, 7) is 2.66. The summed E-state index contributed by atoms with van der Waals surface area (Å²) in [4.78, 5) is 24.0. The molecule has 0 aliphatic heterocycles. The summed E-state index contributed by atoms with van der Waals surface area (Å²) < 4.78 is 23.8. The lowest BCUT2D eigenvalue weighted by Crippen LogP contribution is -2.06. The summed E-state index contributed by atoms with van der Waals surface area (Å²) in [5, 5.41) is 2.44. The average molecular weight is 277 g/mol. The number of carbonyl (C=O) groups excluding carboxylic acids is 2. The molecule has 0 aromatic carbocycles. The fourth-order valence-electron chi connectivity index (χ4n) is 0.807. The van der Waals surface area contributed by atoms with Gasteiger partial charge in [0.05, 0.1) is 0 Å². The van der Waals surface area contributed by atoms with E-state index in [4.69, 9.17) is 0 Å². The number of nitrogens with one attached hydrogen (secondary N) is 1. The van der Waals surface area contributed by atoms with E-state index < -0.39 is 5.76 Å². The molecule has 100 valence electrons. The number of hydrogen-bond acceptors (Lipinski definition) is 4. The monoisotopic (exact) mass is 277 g/mol. The third kappa shape index (κ3) is 9.52. The Labute approximate surface area is 107 Å². The van der Waals surface area contributed by atoms with Crippen LogP contribution in [0.5, 0.6) is 0 Å². The maximum atomic E-state index is 11.9. The van der Waals surface area contributed by atoms with Gasteiger partial charge in [-0.3, -0.25) is 9.59 Å². The van der Waals surface area contributed by atoms with Gasteiger partial charge in [0.15, 0.2) is 0 Å². The molecule has 0 fully saturated rings. The number of rotatable bonds is 3. The van der Waals surface area contributed by atoms with Gasteiger partial charge in [0.1, 0.15) is 5.82 Å². The Bertz CT molecular complexity index is 395. The summed E-state index contributed by atoms with van der Waals surface area (Å²) in [7, 11) is 0. The van der Waals surface area contributed by atoms with Crippen molar-refractivity contribution in [3.8, 4) is 0 Å². The molecule has 5 nitrogen and oxygen atoms in total. The molecule has 0 aliphatic carbocycles. The van der Waals surface area contributed by atoms with Crippen LogP contribution in [0.1, 0.15) is 13.8 Å². The molecule has 0 aliphatic rings. The number of halogens is 2. The van der Waals surface area contributed by atoms with Gasteiger partial charge in [-0.1, -0.05) is 11.8 Å². The molecule has 1 rings (SSSR count). The topological polar surface area (TPSA) is 85.1 Å². The van der Waals surface area contributed by atoms with Crippen molar-refractivity contribution >= 4 is 29.4 Å². The zero-order valence-electron chi connectivity index (χ0n) is 9.81. The van der Waals surface area contributed by atoms with E-state index in [1.807, 2.05) is 0 Å². The molecule has 0 atom stereocenters. The summed E-state index contributed by atoms with van der Waals surface area (Å²) in [6.07, 6.45) is 1.29. The first-order valence-electron chi connectivity index (χ1n) is 4.75. The lowest BCUT2D eigenvalue weighted by Gasteiger charge is -2.02. The number of amides is 2. The molecule has 0 spiro atoms. The van der Waals surface area contributed by atoms with Crippen LogP contribution in [0.15, 0.2) is 23.2 Å². The molecule has 0 bridgehead atoms. The lowest BCUT2D eigenvalue weighted by molar-refractivity contribution is -0.116. The van der Waals surface area contributed by atoms with Crippen LogP contribution >= 0.6 is 11.8 Å². The van der Waals surface area contributed by atoms with Crippen molar-refractivity contribution in [3.63, 3.8) is 0 Å². The van der Waals surface area contributed by atoms with Crippen molar-refractivity contribution in [2.45, 2.75) is 24.5 Å². The molecule has 0 saturated carbocycles. The Morgan fingerprint density at radius 3 is 2.28 bits per heavy atom. The standard InChI is InChI=1S/C8H8F2N2OS.C2H5NO/c1-5(13)12-7-3-2-6(4-11-7)14-8(9)10;1-2(3)4/h2-4,8H,1H3,(H,11,12,13);1H3,(H2,3,4). The van der Waals surface area contributed by atoms with Crippen molar-refractivity contribution in [2.24, 2.45) is 5.73 Å². The zero-order chi connectivity index (χ0) is 14.1. The largest absolute Gasteiger partial charge is 0.370 e. The third-order valence-electron chi connectivity index (χ3n) is 1.27. The van der Waals surface area contributed by atoms with Gasteiger partial charge >= 0.3 is 0 Å². The fourth-order valence-corrected chi connectivity index (χ4v) is 1.27. The zero-order valence-corrected chi connectivity index (χ0v) is 10.6. The summed E-state index contributed by atoms with van der Waals surface area (Å²) >= 11 is 0.417. The first-order valence-corrected chi connectivity index (χ1v) is 5.63. The molecule has 1 aromatic rings. The minimum Gasteiger partial charge on any atom is -0.370 e. The molecular formula is C10H13F2N3O2S. The van der Waals surface area contributed by atoms with Gasteiger partial charge in [0.25, 0.3) is 5.76 Å². The van der Waals surface area contributed by atoms with E-state index in [1.54, 1.807) is 0 Å². The molecule has 0 radical (unpaired) electrons. The number of primary amides is 1. The van der Waals surface area contributed by atoms with Gasteiger partial charge in [-0.25, -0.2) is 4.98 Å². The number of alkyl halides is 2. The Morgan fingerprint density at radius 1 is 1.39 bits per heavy atom. The highest BCUT2D eigenvalue weighted by atomic mass is 32.2. The van der Waals surface area contributed by atoms with Crippen molar-refractivity contribution in [1.29, 1.82) is 0 Å². The normalized spacial score (nSPS) is 9.39. The highest BCUT2D eigenvalue weighted by Gasteiger charge is 2.05. The van der Waals surface area contributed by atoms with E-state index in [1.165, 1.54) is 32.2 Å². The molecule has 1 heterocycles. The van der Waals surface area contributed by atoms with Crippen LogP contribution in [0.4, 0.5) is 14.6 Å². The van der Waals surface area contributed by atoms with Crippen molar-refractivity contribution < 1.29 is 18.4 Å². The second-order valence-corrected chi connectivity index (χ2v) is 4.11. The number of aromatic nitrogens is 1. The second-order valence-electron chi connectivity index (χ2n) is 3.05. The van der Waals surface area contributed by atoms with Gasteiger partial charge in [-0.2, -0.15) is 8.78 Å². The van der Waals surface area contributed by atoms with Crippen LogP contribution in [0.3, 0.4) is 0 Å². The predicted octanol–water partition coefficient (Wildman–Crippen LogP) is 1.85. The lowest BCUT2D eigenvalue weighted by atomic mass is 10.4. The van der Waals surface area contributed by atoms with Crippen molar-refractivity contribution in [2.75, 3.05) is 5.32 Å². The highest BCUT2D eigenvalue weighted by molar-refractivity contribution is 7.99. The van der Waals surface area contributed by atoms with Gasteiger partial charge < -0.3 is 11.1 Å². The molecule has 0 saturated heterocycles. The quantitative estimate of drug-likeness (QED) is 0.826. The van der Waals surface area contributed by atoms with Crippen LogP contribution in [-0.4, -0.2) is 22.6 Å². The number of hydrogen-bond donors (Lipinski definition) is 2. The number of nitrogens with zero attached hydrogens (tertiary/aromatic N) is 1. The third-order valence-corrected chi connectivity index (χ3v) is 1.96. The molecule has 2 amide bonds. The van der Waals surface area contributed by atoms with Gasteiger partial charge in [0.2, 0.25) is 11.8 Å². The maximum Gasteiger partial charge on any atom is 0.288 e. The number of nitrogens with two attached hydrogens (primary N) is 1. The molecule has 1 aromatic heterocycles. The molecule has 0 unspecified atom stereocenters. The number of anilines is 1. The van der Waals surface area contributed by atoms with Crippen LogP contribution in [-0.2, 0) is 9.59 Å². The minimum absolute atomic E-state index is 0.244. The Kier molecular flexibility index (Phi) is 7.61. The van der Waals surface area contributed by atoms with Crippen molar-refractivity contribution in [1.82, 2.24) is 4.98 Å². The van der Waals surface area contributed by atoms with Gasteiger partial charge in [-0.05, 0) is 12.1 Å². The average Bonchev–Trinajstić information content (AvgIpc) is 2.18. The molecule has 18 heavy (non-hydrogen) atoms. The van der Waals surface area contributed by atoms with E-state index in [2.05, 4.69) is 16.0 Å². The van der Waals surface area contributed by atoms with E-state index >= 15 is 0 Å². The summed E-state index contributed by atoms with van der Waals surface area (Å²) in [5.41, 5.74) is 4.47. The van der Waals surface area contributed by atoms with Crippen LogP contribution < -0.4 is 11.1 Å². The maximum absolute atomic E-state index is 11.9. The fraction of sp³-hybridized carbons (Fsp3) is 0.300. The van der Waals surface area contributed by atoms with E-state index in [0.717, 1.165) is 0 Å². The summed E-state index contributed by atoms with van der Waals surface area (Å²) in [5.74, 6) is -2.67. The molecule has 3 N–H and O–H groups in total. The van der Waals surface area contributed by atoms with Crippen molar-refractivity contribution in [3.05, 3.63) is 18.3 Å². The number of thioether (sulfide) groups is 1. The second kappa shape index (κ2) is 8.40. The van der Waals surface area contributed by atoms with Crippen LogP contribution in [0.2, 0.25) is 0 Å². The smallest absolute Gasteiger partial charge is 0.288 e. The van der Waals surface area contributed by atoms with E-state index in [9.17, 15) is 18.4 Å². The van der Waals surface area contributed by atoms with Gasteiger partial charge in [-0.15, -0.1) is 0 Å². The predicted molar refractivity (Wildman–Crippen MR) is 65.3 cm³/mol. The highest BCUT2D eigenvalue weighted by Crippen LogP contribution is 2.24. The van der Waals surface area contributed by atoms with Gasteiger partial charge in [0, 0.05) is 24.9 Å².